The van der Waals surface area contributed by atoms with Gasteiger partial charge in [0.05, 0.1) is 0 Å². The van der Waals surface area contributed by atoms with Crippen LogP contribution >= 0.6 is 23.2 Å². The van der Waals surface area contributed by atoms with Gasteiger partial charge in [0.15, 0.2) is 4.84 Å². The fourth-order valence-electron chi connectivity index (χ4n) is 0.600. The summed E-state index contributed by atoms with van der Waals surface area (Å²) in [7, 11) is 3.18. The molecule has 6 heteroatoms. The number of ketones is 1. The van der Waals surface area contributed by atoms with Crippen LogP contribution in [-0.4, -0.2) is 40.7 Å². The number of hydrogen-bond donors (Lipinski definition) is 1. The van der Waals surface area contributed by atoms with Crippen LogP contribution < -0.4 is 0 Å². The molecule has 0 aliphatic carbocycles. The molecule has 0 aromatic heterocycles. The molecule has 0 aliphatic rings. The van der Waals surface area contributed by atoms with Gasteiger partial charge in [0, 0.05) is 20.3 Å². The van der Waals surface area contributed by atoms with Gasteiger partial charge >= 0.3 is 5.97 Å². The highest BCUT2D eigenvalue weighted by Gasteiger charge is 2.23. The van der Waals surface area contributed by atoms with Crippen molar-refractivity contribution in [2.75, 3.05) is 14.1 Å². The van der Waals surface area contributed by atoms with Gasteiger partial charge in [0.1, 0.15) is 5.57 Å². The van der Waals surface area contributed by atoms with Crippen molar-refractivity contribution >= 4 is 35.0 Å². The molecule has 4 nitrogen and oxygen atoms in total. The molecule has 0 saturated heterocycles. The molecule has 0 aromatic rings. The van der Waals surface area contributed by atoms with Crippen molar-refractivity contribution in [3.05, 3.63) is 11.8 Å². The second-order valence-electron chi connectivity index (χ2n) is 2.48. The minimum atomic E-state index is -1.35. The average molecular weight is 226 g/mol. The van der Waals surface area contributed by atoms with Crippen LogP contribution in [-0.2, 0) is 9.59 Å². The van der Waals surface area contributed by atoms with Crippen molar-refractivity contribution < 1.29 is 14.7 Å². The Hall–Kier alpha value is -0.740. The largest absolute Gasteiger partial charge is 0.478 e. The lowest BCUT2D eigenvalue weighted by molar-refractivity contribution is -0.134. The van der Waals surface area contributed by atoms with Gasteiger partial charge in [-0.05, 0) is 0 Å². The third kappa shape index (κ3) is 4.15. The Morgan fingerprint density at radius 1 is 1.38 bits per heavy atom. The minimum Gasteiger partial charge on any atom is -0.478 e. The van der Waals surface area contributed by atoms with Crippen molar-refractivity contribution in [3.8, 4) is 0 Å². The van der Waals surface area contributed by atoms with Crippen LogP contribution in [0.15, 0.2) is 11.8 Å². The van der Waals surface area contributed by atoms with Crippen LogP contribution in [0, 0.1) is 0 Å². The molecule has 13 heavy (non-hydrogen) atoms. The molecule has 0 saturated carbocycles. The van der Waals surface area contributed by atoms with E-state index in [4.69, 9.17) is 28.3 Å². The van der Waals surface area contributed by atoms with Crippen LogP contribution in [0.4, 0.5) is 0 Å². The van der Waals surface area contributed by atoms with Crippen LogP contribution in [0.3, 0.4) is 0 Å². The summed E-state index contributed by atoms with van der Waals surface area (Å²) < 4.78 is 0. The molecular weight excluding hydrogens is 217 g/mol. The third-order valence-corrected chi connectivity index (χ3v) is 1.48. The van der Waals surface area contributed by atoms with Crippen molar-refractivity contribution in [3.63, 3.8) is 0 Å². The Labute approximate surface area is 85.7 Å². The Bertz CT molecular complexity index is 248. The zero-order valence-electron chi connectivity index (χ0n) is 7.12. The first-order chi connectivity index (χ1) is 5.86. The fraction of sp³-hybridized carbons (Fsp3) is 0.429. The average Bonchev–Trinajstić information content (AvgIpc) is 1.97. The van der Waals surface area contributed by atoms with E-state index in [2.05, 4.69) is 0 Å². The Morgan fingerprint density at radius 3 is 2.08 bits per heavy atom. The summed E-state index contributed by atoms with van der Waals surface area (Å²) in [6.07, 6.45) is 1.16. The van der Waals surface area contributed by atoms with Crippen molar-refractivity contribution in [2.24, 2.45) is 0 Å². The monoisotopic (exact) mass is 225 g/mol. The number of alkyl halides is 2. The summed E-state index contributed by atoms with van der Waals surface area (Å²) in [6.45, 7) is 0. The van der Waals surface area contributed by atoms with Gasteiger partial charge in [0.2, 0.25) is 5.78 Å². The van der Waals surface area contributed by atoms with E-state index in [0.29, 0.717) is 0 Å². The van der Waals surface area contributed by atoms with Gasteiger partial charge < -0.3 is 10.0 Å². The van der Waals surface area contributed by atoms with Crippen molar-refractivity contribution in [2.45, 2.75) is 4.84 Å². The van der Waals surface area contributed by atoms with E-state index in [-0.39, 0.29) is 0 Å². The number of rotatable bonds is 4. The number of aliphatic carboxylic acids is 1. The fourth-order valence-corrected chi connectivity index (χ4v) is 0.835. The zero-order valence-corrected chi connectivity index (χ0v) is 8.63. The highest BCUT2D eigenvalue weighted by molar-refractivity contribution is 6.56. The minimum absolute atomic E-state index is 0.431. The number of halogens is 2. The lowest BCUT2D eigenvalue weighted by Gasteiger charge is -2.07. The maximum Gasteiger partial charge on any atom is 0.340 e. The standard InChI is InChI=1S/C7H9Cl2NO3/c1-10(2)3-4(7(12)13)5(11)6(8)9/h3,6H,1-2H3,(H,12,13)/b4-3-. The van der Waals surface area contributed by atoms with Gasteiger partial charge in [-0.3, -0.25) is 4.79 Å². The highest BCUT2D eigenvalue weighted by atomic mass is 35.5. The molecule has 74 valence electrons. The summed E-state index contributed by atoms with van der Waals surface area (Å²) in [6, 6.07) is 0. The topological polar surface area (TPSA) is 57.6 Å². The number of carboxylic acid groups (broad SMARTS) is 1. The molecule has 0 radical (unpaired) electrons. The SMILES string of the molecule is CN(C)/C=C(\C(=O)O)C(=O)C(Cl)Cl. The molecule has 0 bridgehead atoms. The predicted molar refractivity (Wildman–Crippen MR) is 49.9 cm³/mol. The van der Waals surface area contributed by atoms with Gasteiger partial charge in [-0.1, -0.05) is 23.2 Å². The molecule has 0 aliphatic heterocycles. The molecular formula is C7H9Cl2NO3. The van der Waals surface area contributed by atoms with Gasteiger partial charge in [-0.2, -0.15) is 0 Å². The van der Waals surface area contributed by atoms with E-state index >= 15 is 0 Å². The van der Waals surface area contributed by atoms with E-state index in [1.54, 1.807) is 14.1 Å². The van der Waals surface area contributed by atoms with Crippen LogP contribution in [0.1, 0.15) is 0 Å². The van der Waals surface area contributed by atoms with E-state index in [1.165, 1.54) is 4.90 Å². The van der Waals surface area contributed by atoms with Crippen molar-refractivity contribution in [1.29, 1.82) is 0 Å². The number of Topliss-reactive ketones (excluding diaryl/α,β-unsaturated/α-hetero) is 1. The first kappa shape index (κ1) is 12.3. The molecule has 0 fully saturated rings. The van der Waals surface area contributed by atoms with Crippen LogP contribution in [0.2, 0.25) is 0 Å². The number of carbonyl (C=O) groups is 2. The summed E-state index contributed by atoms with van der Waals surface area (Å²) in [5.41, 5.74) is -0.431. The number of hydrogen-bond acceptors (Lipinski definition) is 3. The van der Waals surface area contributed by atoms with Crippen LogP contribution in [0.25, 0.3) is 0 Å². The maximum atomic E-state index is 11.1. The number of carboxylic acids is 1. The summed E-state index contributed by atoms with van der Waals surface area (Å²) >= 11 is 10.5. The summed E-state index contributed by atoms with van der Waals surface area (Å²) in [5, 5.41) is 8.61. The lowest BCUT2D eigenvalue weighted by atomic mass is 10.2. The third-order valence-electron chi connectivity index (χ3n) is 1.08. The first-order valence-corrected chi connectivity index (χ1v) is 4.17. The highest BCUT2D eigenvalue weighted by Crippen LogP contribution is 2.10. The molecule has 0 spiro atoms. The van der Waals surface area contributed by atoms with E-state index < -0.39 is 22.2 Å². The van der Waals surface area contributed by atoms with E-state index in [9.17, 15) is 9.59 Å². The Balaban J connectivity index is 4.83. The van der Waals surface area contributed by atoms with Crippen molar-refractivity contribution in [1.82, 2.24) is 4.90 Å². The lowest BCUT2D eigenvalue weighted by Crippen LogP contribution is -2.20. The van der Waals surface area contributed by atoms with E-state index in [1.807, 2.05) is 0 Å². The molecule has 0 atom stereocenters. The maximum absolute atomic E-state index is 11.1. The zero-order chi connectivity index (χ0) is 10.6. The second-order valence-corrected chi connectivity index (χ2v) is 3.57. The smallest absolute Gasteiger partial charge is 0.340 e. The number of carbonyl (C=O) groups excluding carboxylic acids is 1. The number of nitrogens with zero attached hydrogens (tertiary/aromatic N) is 1. The van der Waals surface area contributed by atoms with Crippen LogP contribution in [0.5, 0.6) is 0 Å². The van der Waals surface area contributed by atoms with Gasteiger partial charge in [-0.25, -0.2) is 4.79 Å². The molecule has 1 N–H and O–H groups in total. The molecule has 0 heterocycles. The second kappa shape index (κ2) is 5.09. The summed E-state index contributed by atoms with van der Waals surface area (Å²) in [5.74, 6) is -2.16. The predicted octanol–water partition coefficient (Wildman–Crippen LogP) is 0.889. The van der Waals surface area contributed by atoms with E-state index in [0.717, 1.165) is 6.20 Å². The van der Waals surface area contributed by atoms with Gasteiger partial charge in [0.25, 0.3) is 0 Å². The molecule has 0 rings (SSSR count). The normalized spacial score (nSPS) is 11.6. The Kier molecular flexibility index (Phi) is 4.80. The molecule has 0 aromatic carbocycles. The quantitative estimate of drug-likeness (QED) is 0.334. The molecule has 0 amide bonds. The molecule has 0 unspecified atom stereocenters. The summed E-state index contributed by atoms with van der Waals surface area (Å²) in [4.78, 5) is 21.7. The Morgan fingerprint density at radius 2 is 1.85 bits per heavy atom. The van der Waals surface area contributed by atoms with Gasteiger partial charge in [-0.15, -0.1) is 0 Å². The first-order valence-electron chi connectivity index (χ1n) is 3.30.